The summed E-state index contributed by atoms with van der Waals surface area (Å²) in [5.74, 6) is -0.557. The fourth-order valence-corrected chi connectivity index (χ4v) is 2.21. The number of hydrogen-bond donors (Lipinski definition) is 2. The van der Waals surface area contributed by atoms with Gasteiger partial charge in [-0.1, -0.05) is 54.6 Å². The van der Waals surface area contributed by atoms with Gasteiger partial charge in [-0.15, -0.1) is 0 Å². The number of hydrogen-bond acceptors (Lipinski definition) is 4. The Bertz CT molecular complexity index is 595. The summed E-state index contributed by atoms with van der Waals surface area (Å²) in [5, 5.41) is 20.3. The van der Waals surface area contributed by atoms with Gasteiger partial charge in [-0.25, -0.2) is 0 Å². The summed E-state index contributed by atoms with van der Waals surface area (Å²) >= 11 is 0. The van der Waals surface area contributed by atoms with Crippen molar-refractivity contribution in [3.63, 3.8) is 0 Å². The van der Waals surface area contributed by atoms with Crippen molar-refractivity contribution >= 4 is 5.97 Å². The first-order valence-electron chi connectivity index (χ1n) is 6.70. The van der Waals surface area contributed by atoms with Gasteiger partial charge >= 0.3 is 5.97 Å². The molecular formula is C17H18O4. The van der Waals surface area contributed by atoms with Crippen LogP contribution in [-0.4, -0.2) is 29.4 Å². The first-order valence-corrected chi connectivity index (χ1v) is 6.70. The van der Waals surface area contributed by atoms with Crippen LogP contribution in [0.5, 0.6) is 0 Å². The normalized spacial score (nSPS) is 13.5. The summed E-state index contributed by atoms with van der Waals surface area (Å²) in [6, 6.07) is 16.9. The molecule has 0 saturated heterocycles. The number of methoxy groups -OCH3 is 1. The highest BCUT2D eigenvalue weighted by Crippen LogP contribution is 2.30. The third kappa shape index (κ3) is 3.68. The predicted molar refractivity (Wildman–Crippen MR) is 79.5 cm³/mol. The van der Waals surface area contributed by atoms with Crippen molar-refractivity contribution in [1.82, 2.24) is 0 Å². The van der Waals surface area contributed by atoms with Crippen LogP contribution in [0.4, 0.5) is 0 Å². The Hall–Kier alpha value is -2.17. The third-order valence-corrected chi connectivity index (χ3v) is 3.33. The van der Waals surface area contributed by atoms with Crippen LogP contribution < -0.4 is 0 Å². The zero-order valence-corrected chi connectivity index (χ0v) is 11.8. The average molecular weight is 286 g/mol. The Kier molecular flexibility index (Phi) is 5.09. The van der Waals surface area contributed by atoms with Crippen molar-refractivity contribution in [3.05, 3.63) is 60.2 Å². The number of aliphatic hydroxyl groups is 2. The zero-order valence-electron chi connectivity index (χ0n) is 11.8. The molecule has 0 radical (unpaired) electrons. The van der Waals surface area contributed by atoms with E-state index in [4.69, 9.17) is 0 Å². The van der Waals surface area contributed by atoms with Crippen LogP contribution in [0.3, 0.4) is 0 Å². The maximum Gasteiger partial charge on any atom is 0.308 e. The molecule has 0 spiro atoms. The molecule has 0 aliphatic rings. The highest BCUT2D eigenvalue weighted by Gasteiger charge is 2.24. The van der Waals surface area contributed by atoms with Crippen molar-refractivity contribution in [2.45, 2.75) is 18.6 Å². The van der Waals surface area contributed by atoms with Crippen LogP contribution in [0.1, 0.15) is 18.1 Å². The molecule has 2 rings (SSSR count). The first kappa shape index (κ1) is 15.2. The lowest BCUT2D eigenvalue weighted by molar-refractivity contribution is -0.144. The minimum atomic E-state index is -1.21. The van der Waals surface area contributed by atoms with E-state index in [1.807, 2.05) is 42.5 Å². The Morgan fingerprint density at radius 1 is 1.05 bits per heavy atom. The van der Waals surface area contributed by atoms with Gasteiger partial charge in [-0.3, -0.25) is 4.79 Å². The highest BCUT2D eigenvalue weighted by atomic mass is 16.5. The molecule has 2 N–H and O–H groups in total. The van der Waals surface area contributed by atoms with Crippen molar-refractivity contribution in [1.29, 1.82) is 0 Å². The Balaban J connectivity index is 2.30. The summed E-state index contributed by atoms with van der Waals surface area (Å²) in [5.41, 5.74) is 2.35. The summed E-state index contributed by atoms with van der Waals surface area (Å²) in [6.45, 7) is 0. The van der Waals surface area contributed by atoms with Crippen LogP contribution in [0, 0.1) is 0 Å². The van der Waals surface area contributed by atoms with Gasteiger partial charge in [0.25, 0.3) is 0 Å². The van der Waals surface area contributed by atoms with E-state index in [2.05, 4.69) is 4.74 Å². The van der Waals surface area contributed by atoms with Crippen molar-refractivity contribution in [3.8, 4) is 11.1 Å². The molecule has 110 valence electrons. The number of carbonyl (C=O) groups excluding carboxylic acids is 1. The van der Waals surface area contributed by atoms with Crippen molar-refractivity contribution in [2.24, 2.45) is 0 Å². The van der Waals surface area contributed by atoms with Gasteiger partial charge in [0.15, 0.2) is 0 Å². The Morgan fingerprint density at radius 3 is 2.33 bits per heavy atom. The highest BCUT2D eigenvalue weighted by molar-refractivity contribution is 5.71. The standard InChI is InChI=1S/C17H18O4/c1-21-16(19)11-15(18)17(20)14-10-6-5-9-13(14)12-7-3-2-4-8-12/h2-10,15,17-18,20H,11H2,1H3. The summed E-state index contributed by atoms with van der Waals surface area (Å²) in [7, 11) is 1.25. The van der Waals surface area contributed by atoms with Gasteiger partial charge < -0.3 is 14.9 Å². The second kappa shape index (κ2) is 7.02. The van der Waals surface area contributed by atoms with E-state index < -0.39 is 18.2 Å². The second-order valence-corrected chi connectivity index (χ2v) is 4.75. The number of rotatable bonds is 5. The van der Waals surface area contributed by atoms with E-state index in [9.17, 15) is 15.0 Å². The lowest BCUT2D eigenvalue weighted by atomic mass is 9.93. The third-order valence-electron chi connectivity index (χ3n) is 3.33. The van der Waals surface area contributed by atoms with E-state index >= 15 is 0 Å². The molecule has 2 aromatic rings. The van der Waals surface area contributed by atoms with Gasteiger partial charge in [0.1, 0.15) is 6.10 Å². The van der Waals surface area contributed by atoms with Crippen LogP contribution in [0.15, 0.2) is 54.6 Å². The lowest BCUT2D eigenvalue weighted by Crippen LogP contribution is -2.23. The molecule has 2 aromatic carbocycles. The molecule has 0 bridgehead atoms. The summed E-state index contributed by atoms with van der Waals surface area (Å²) in [4.78, 5) is 11.2. The number of esters is 1. The van der Waals surface area contributed by atoms with Gasteiger partial charge in [0.2, 0.25) is 0 Å². The maximum atomic E-state index is 11.2. The largest absolute Gasteiger partial charge is 0.469 e. The maximum absolute atomic E-state index is 11.2. The molecule has 0 aliphatic carbocycles. The number of carbonyl (C=O) groups is 1. The SMILES string of the molecule is COC(=O)CC(O)C(O)c1ccccc1-c1ccccc1. The fraction of sp³-hybridized carbons (Fsp3) is 0.235. The predicted octanol–water partition coefficient (Wildman–Crippen LogP) is 2.31. The van der Waals surface area contributed by atoms with E-state index in [-0.39, 0.29) is 6.42 Å². The molecule has 0 amide bonds. The minimum absolute atomic E-state index is 0.249. The van der Waals surface area contributed by atoms with Crippen molar-refractivity contribution < 1.29 is 19.7 Å². The van der Waals surface area contributed by atoms with Gasteiger partial charge in [0, 0.05) is 0 Å². The van der Waals surface area contributed by atoms with Crippen LogP contribution in [0.2, 0.25) is 0 Å². The van der Waals surface area contributed by atoms with Crippen molar-refractivity contribution in [2.75, 3.05) is 7.11 Å². The van der Waals surface area contributed by atoms with E-state index in [0.717, 1.165) is 11.1 Å². The zero-order chi connectivity index (χ0) is 15.2. The lowest BCUT2D eigenvalue weighted by Gasteiger charge is -2.20. The molecule has 0 saturated carbocycles. The fourth-order valence-electron chi connectivity index (χ4n) is 2.21. The van der Waals surface area contributed by atoms with Crippen LogP contribution in [0.25, 0.3) is 11.1 Å². The smallest absolute Gasteiger partial charge is 0.308 e. The Morgan fingerprint density at radius 2 is 1.67 bits per heavy atom. The monoisotopic (exact) mass is 286 g/mol. The first-order chi connectivity index (χ1) is 10.1. The molecule has 2 unspecified atom stereocenters. The molecule has 4 nitrogen and oxygen atoms in total. The van der Waals surface area contributed by atoms with E-state index in [1.165, 1.54) is 7.11 Å². The van der Waals surface area contributed by atoms with E-state index in [0.29, 0.717) is 5.56 Å². The Labute approximate surface area is 123 Å². The second-order valence-electron chi connectivity index (χ2n) is 4.75. The number of ether oxygens (including phenoxy) is 1. The summed E-state index contributed by atoms with van der Waals surface area (Å²) in [6.07, 6.45) is -2.61. The van der Waals surface area contributed by atoms with E-state index in [1.54, 1.807) is 12.1 Å². The molecular weight excluding hydrogens is 268 g/mol. The molecule has 0 aromatic heterocycles. The van der Waals surface area contributed by atoms with Gasteiger partial charge in [-0.05, 0) is 16.7 Å². The number of benzene rings is 2. The molecule has 0 fully saturated rings. The molecule has 2 atom stereocenters. The van der Waals surface area contributed by atoms with Crippen LogP contribution in [-0.2, 0) is 9.53 Å². The summed E-state index contributed by atoms with van der Waals surface area (Å²) < 4.78 is 4.51. The molecule has 4 heteroatoms. The molecule has 0 aliphatic heterocycles. The average Bonchev–Trinajstić information content (AvgIpc) is 2.54. The molecule has 21 heavy (non-hydrogen) atoms. The number of aliphatic hydroxyl groups excluding tert-OH is 2. The quantitative estimate of drug-likeness (QED) is 0.828. The van der Waals surface area contributed by atoms with Gasteiger partial charge in [-0.2, -0.15) is 0 Å². The minimum Gasteiger partial charge on any atom is -0.469 e. The van der Waals surface area contributed by atoms with Crippen LogP contribution >= 0.6 is 0 Å². The topological polar surface area (TPSA) is 66.8 Å². The van der Waals surface area contributed by atoms with Gasteiger partial charge in [0.05, 0.1) is 19.6 Å². The molecule has 0 heterocycles.